The molecule has 0 spiro atoms. The number of nitro benzene ring substituents is 1. The van der Waals surface area contributed by atoms with E-state index in [2.05, 4.69) is 15.9 Å². The van der Waals surface area contributed by atoms with Gasteiger partial charge in [-0.15, -0.1) is 0 Å². The van der Waals surface area contributed by atoms with Crippen LogP contribution >= 0.6 is 15.9 Å². The lowest BCUT2D eigenvalue weighted by molar-refractivity contribution is -0.385. The lowest BCUT2D eigenvalue weighted by Gasteiger charge is -2.18. The second-order valence-corrected chi connectivity index (χ2v) is 6.09. The van der Waals surface area contributed by atoms with Crippen LogP contribution in [0.3, 0.4) is 0 Å². The maximum atomic E-state index is 12.2. The number of carbonyl (C=O) groups is 1. The van der Waals surface area contributed by atoms with Gasteiger partial charge in [-0.3, -0.25) is 14.9 Å². The molecule has 0 fully saturated rings. The number of alkyl halides is 1. The van der Waals surface area contributed by atoms with Crippen molar-refractivity contribution < 1.29 is 9.72 Å². The predicted molar refractivity (Wildman–Crippen MR) is 77.8 cm³/mol. The van der Waals surface area contributed by atoms with E-state index in [4.69, 9.17) is 0 Å². The van der Waals surface area contributed by atoms with Gasteiger partial charge in [0.25, 0.3) is 11.6 Å². The van der Waals surface area contributed by atoms with Gasteiger partial charge in [-0.05, 0) is 19.4 Å². The number of hydrogen-bond donors (Lipinski definition) is 0. The quantitative estimate of drug-likeness (QED) is 0.474. The number of nitro groups is 1. The van der Waals surface area contributed by atoms with Crippen LogP contribution in [0.1, 0.15) is 29.3 Å². The number of para-hydroxylation sites is 1. The summed E-state index contributed by atoms with van der Waals surface area (Å²) in [7, 11) is 1.66. The molecule has 1 aromatic rings. The number of nitrogens with zero attached hydrogens (tertiary/aromatic N) is 2. The summed E-state index contributed by atoms with van der Waals surface area (Å²) in [6.07, 6.45) is 0.794. The summed E-state index contributed by atoms with van der Waals surface area (Å²) in [5, 5.41) is 11.1. The van der Waals surface area contributed by atoms with E-state index in [1.54, 1.807) is 26.1 Å². The highest BCUT2D eigenvalue weighted by atomic mass is 79.9. The standard InChI is InChI=1S/C13H17BrN2O3/c1-9-5-4-6-11(12(9)16(18)19)13(17)15(3)8-7-10(2)14/h4-6,10H,7-8H2,1-3H3. The van der Waals surface area contributed by atoms with E-state index in [1.165, 1.54) is 11.0 Å². The molecule has 1 aromatic carbocycles. The molecular formula is C13H17BrN2O3. The summed E-state index contributed by atoms with van der Waals surface area (Å²) in [5.74, 6) is -0.316. The van der Waals surface area contributed by atoms with Crippen molar-refractivity contribution in [2.75, 3.05) is 13.6 Å². The van der Waals surface area contributed by atoms with Gasteiger partial charge in [0.05, 0.1) is 4.92 Å². The third kappa shape index (κ3) is 4.02. The first-order chi connectivity index (χ1) is 8.84. The first-order valence-electron chi connectivity index (χ1n) is 5.98. The fourth-order valence-corrected chi connectivity index (χ4v) is 1.96. The van der Waals surface area contributed by atoms with Crippen LogP contribution in [0.15, 0.2) is 18.2 Å². The Kier molecular flexibility index (Phi) is 5.47. The fraction of sp³-hybridized carbons (Fsp3) is 0.462. The van der Waals surface area contributed by atoms with E-state index < -0.39 is 4.92 Å². The average Bonchev–Trinajstić information content (AvgIpc) is 2.34. The minimum atomic E-state index is -0.497. The second-order valence-electron chi connectivity index (χ2n) is 4.52. The van der Waals surface area contributed by atoms with Crippen molar-refractivity contribution in [2.45, 2.75) is 25.1 Å². The average molecular weight is 329 g/mol. The maximum Gasteiger partial charge on any atom is 0.285 e. The lowest BCUT2D eigenvalue weighted by atomic mass is 10.1. The van der Waals surface area contributed by atoms with Crippen LogP contribution in [0.25, 0.3) is 0 Å². The number of hydrogen-bond acceptors (Lipinski definition) is 3. The third-order valence-electron chi connectivity index (χ3n) is 2.86. The molecule has 0 saturated heterocycles. The van der Waals surface area contributed by atoms with Crippen LogP contribution in [0.2, 0.25) is 0 Å². The highest BCUT2D eigenvalue weighted by Crippen LogP contribution is 2.24. The zero-order valence-electron chi connectivity index (χ0n) is 11.2. The topological polar surface area (TPSA) is 63.5 Å². The van der Waals surface area contributed by atoms with Crippen LogP contribution in [0.5, 0.6) is 0 Å². The summed E-state index contributed by atoms with van der Waals surface area (Å²) >= 11 is 3.41. The molecule has 0 aliphatic carbocycles. The fourth-order valence-electron chi connectivity index (χ4n) is 1.75. The van der Waals surface area contributed by atoms with E-state index in [0.29, 0.717) is 16.9 Å². The molecule has 0 aromatic heterocycles. The number of aryl methyl sites for hydroxylation is 1. The highest BCUT2D eigenvalue weighted by molar-refractivity contribution is 9.09. The van der Waals surface area contributed by atoms with Gasteiger partial charge in [0.15, 0.2) is 0 Å². The van der Waals surface area contributed by atoms with Crippen molar-refractivity contribution in [1.29, 1.82) is 0 Å². The molecule has 19 heavy (non-hydrogen) atoms. The summed E-state index contributed by atoms with van der Waals surface area (Å²) in [6.45, 7) is 4.18. The number of amides is 1. The van der Waals surface area contributed by atoms with E-state index in [-0.39, 0.29) is 17.2 Å². The second kappa shape index (κ2) is 6.65. The lowest BCUT2D eigenvalue weighted by Crippen LogP contribution is -2.29. The number of carbonyl (C=O) groups excluding carboxylic acids is 1. The van der Waals surface area contributed by atoms with Crippen molar-refractivity contribution in [3.05, 3.63) is 39.4 Å². The molecule has 5 nitrogen and oxygen atoms in total. The van der Waals surface area contributed by atoms with Crippen molar-refractivity contribution >= 4 is 27.5 Å². The minimum absolute atomic E-state index is 0.105. The van der Waals surface area contributed by atoms with Gasteiger partial charge in [-0.25, -0.2) is 0 Å². The van der Waals surface area contributed by atoms with Crippen LogP contribution in [-0.2, 0) is 0 Å². The largest absolute Gasteiger partial charge is 0.341 e. The predicted octanol–water partition coefficient (Wildman–Crippen LogP) is 3.15. The highest BCUT2D eigenvalue weighted by Gasteiger charge is 2.24. The van der Waals surface area contributed by atoms with Crippen molar-refractivity contribution in [2.24, 2.45) is 0 Å². The van der Waals surface area contributed by atoms with Gasteiger partial charge >= 0.3 is 0 Å². The molecule has 0 radical (unpaired) electrons. The molecule has 0 bridgehead atoms. The summed E-state index contributed by atoms with van der Waals surface area (Å²) in [4.78, 5) is 24.6. The molecular weight excluding hydrogens is 312 g/mol. The molecule has 0 aliphatic heterocycles. The van der Waals surface area contributed by atoms with Gasteiger partial charge in [0.1, 0.15) is 5.56 Å². The molecule has 0 heterocycles. The molecule has 1 unspecified atom stereocenters. The van der Waals surface area contributed by atoms with Gasteiger partial charge < -0.3 is 4.90 Å². The Morgan fingerprint density at radius 3 is 2.68 bits per heavy atom. The number of halogens is 1. The molecule has 0 aliphatic rings. The smallest absolute Gasteiger partial charge is 0.285 e. The van der Waals surface area contributed by atoms with E-state index >= 15 is 0 Å². The Labute approximate surface area is 120 Å². The van der Waals surface area contributed by atoms with Crippen molar-refractivity contribution in [1.82, 2.24) is 4.90 Å². The van der Waals surface area contributed by atoms with Gasteiger partial charge in [0, 0.05) is 24.0 Å². The normalized spacial score (nSPS) is 12.0. The van der Waals surface area contributed by atoms with Gasteiger partial charge in [0.2, 0.25) is 0 Å². The van der Waals surface area contributed by atoms with Gasteiger partial charge in [-0.2, -0.15) is 0 Å². The van der Waals surface area contributed by atoms with Crippen molar-refractivity contribution in [3.8, 4) is 0 Å². The van der Waals surface area contributed by atoms with Gasteiger partial charge in [-0.1, -0.05) is 35.0 Å². The first-order valence-corrected chi connectivity index (χ1v) is 6.89. The third-order valence-corrected chi connectivity index (χ3v) is 3.32. The SMILES string of the molecule is Cc1cccc(C(=O)N(C)CCC(C)Br)c1[N+](=O)[O-]. The molecule has 0 N–H and O–H groups in total. The molecule has 1 rings (SSSR count). The summed E-state index contributed by atoms with van der Waals surface area (Å²) < 4.78 is 0. The molecule has 1 atom stereocenters. The number of benzene rings is 1. The Morgan fingerprint density at radius 1 is 1.53 bits per heavy atom. The summed E-state index contributed by atoms with van der Waals surface area (Å²) in [5.41, 5.74) is 0.541. The van der Waals surface area contributed by atoms with E-state index in [1.807, 2.05) is 6.92 Å². The monoisotopic (exact) mass is 328 g/mol. The van der Waals surface area contributed by atoms with Crippen LogP contribution in [-0.4, -0.2) is 34.2 Å². The van der Waals surface area contributed by atoms with E-state index in [9.17, 15) is 14.9 Å². The maximum absolute atomic E-state index is 12.2. The zero-order chi connectivity index (χ0) is 14.6. The van der Waals surface area contributed by atoms with Crippen LogP contribution in [0.4, 0.5) is 5.69 Å². The van der Waals surface area contributed by atoms with Crippen LogP contribution in [0, 0.1) is 17.0 Å². The Morgan fingerprint density at radius 2 is 2.16 bits per heavy atom. The minimum Gasteiger partial charge on any atom is -0.341 e. The van der Waals surface area contributed by atoms with Crippen LogP contribution < -0.4 is 0 Å². The summed E-state index contributed by atoms with van der Waals surface area (Å²) in [6, 6.07) is 4.80. The first kappa shape index (κ1) is 15.6. The van der Waals surface area contributed by atoms with E-state index in [0.717, 1.165) is 6.42 Å². The number of rotatable bonds is 5. The molecule has 1 amide bonds. The Balaban J connectivity index is 2.99. The zero-order valence-corrected chi connectivity index (χ0v) is 12.8. The Hall–Kier alpha value is -1.43. The molecule has 0 saturated carbocycles. The molecule has 104 valence electrons. The Bertz CT molecular complexity index is 489. The molecule has 6 heteroatoms. The van der Waals surface area contributed by atoms with Crippen molar-refractivity contribution in [3.63, 3.8) is 0 Å².